The first-order valence-corrected chi connectivity index (χ1v) is 11.9. The van der Waals surface area contributed by atoms with Crippen LogP contribution in [0.1, 0.15) is 18.4 Å². The molecule has 1 heterocycles. The van der Waals surface area contributed by atoms with Crippen molar-refractivity contribution in [1.82, 2.24) is 4.31 Å². The van der Waals surface area contributed by atoms with Crippen LogP contribution < -0.4 is 5.32 Å². The molecule has 0 bridgehead atoms. The van der Waals surface area contributed by atoms with Crippen molar-refractivity contribution < 1.29 is 13.2 Å². The maximum Gasteiger partial charge on any atom is 0.227 e. The summed E-state index contributed by atoms with van der Waals surface area (Å²) < 4.78 is 26.9. The lowest BCUT2D eigenvalue weighted by molar-refractivity contribution is -0.120. The molecule has 1 N–H and O–H groups in total. The summed E-state index contributed by atoms with van der Waals surface area (Å²) in [4.78, 5) is 12.5. The maximum atomic E-state index is 12.7. The van der Waals surface area contributed by atoms with Gasteiger partial charge in [-0.3, -0.25) is 4.79 Å². The first-order chi connectivity index (χ1) is 13.6. The Labute approximate surface area is 189 Å². The van der Waals surface area contributed by atoms with E-state index in [-0.39, 0.29) is 30.7 Å². The van der Waals surface area contributed by atoms with Gasteiger partial charge in [0.1, 0.15) is 0 Å². The third-order valence-electron chi connectivity index (χ3n) is 4.70. The molecule has 2 aromatic carbocycles. The normalized spacial score (nSPS) is 16.0. The third-order valence-corrected chi connectivity index (χ3v) is 7.55. The third kappa shape index (κ3) is 6.00. The van der Waals surface area contributed by atoms with Crippen molar-refractivity contribution in [2.75, 3.05) is 18.4 Å². The SMILES string of the molecule is O=C(Nc1cc(Cl)cc(Cl)c1)C1CCN(S(=O)(=O)Cc2ccc(Cl)cc2Cl)CC1. The number of benzene rings is 2. The van der Waals surface area contributed by atoms with E-state index < -0.39 is 10.0 Å². The first-order valence-electron chi connectivity index (χ1n) is 8.83. The molecular formula is C19H18Cl4N2O3S. The summed E-state index contributed by atoms with van der Waals surface area (Å²) in [6.45, 7) is 0.532. The molecule has 3 rings (SSSR count). The fraction of sp³-hybridized carbons (Fsp3) is 0.316. The molecule has 1 aliphatic heterocycles. The van der Waals surface area contributed by atoms with Gasteiger partial charge in [-0.25, -0.2) is 12.7 Å². The van der Waals surface area contributed by atoms with E-state index in [1.54, 1.807) is 30.3 Å². The second-order valence-corrected chi connectivity index (χ2v) is 10.5. The summed E-state index contributed by atoms with van der Waals surface area (Å²) in [6, 6.07) is 9.54. The highest BCUT2D eigenvalue weighted by Gasteiger charge is 2.31. The topological polar surface area (TPSA) is 66.5 Å². The van der Waals surface area contributed by atoms with Crippen molar-refractivity contribution in [1.29, 1.82) is 0 Å². The molecular weight excluding hydrogens is 478 g/mol. The summed E-state index contributed by atoms with van der Waals surface area (Å²) in [5.41, 5.74) is 1.01. The van der Waals surface area contributed by atoms with E-state index in [0.717, 1.165) is 0 Å². The van der Waals surface area contributed by atoms with Gasteiger partial charge in [-0.2, -0.15) is 0 Å². The van der Waals surface area contributed by atoms with E-state index in [1.165, 1.54) is 10.4 Å². The molecule has 2 aromatic rings. The van der Waals surface area contributed by atoms with Crippen LogP contribution in [0.2, 0.25) is 20.1 Å². The number of anilines is 1. The number of carbonyl (C=O) groups is 1. The number of carbonyl (C=O) groups excluding carboxylic acids is 1. The van der Waals surface area contributed by atoms with Crippen LogP contribution in [-0.4, -0.2) is 31.7 Å². The Bertz CT molecular complexity index is 1000. The number of amides is 1. The largest absolute Gasteiger partial charge is 0.326 e. The Balaban J connectivity index is 1.59. The average molecular weight is 496 g/mol. The van der Waals surface area contributed by atoms with Crippen LogP contribution in [0.3, 0.4) is 0 Å². The molecule has 1 saturated heterocycles. The molecule has 10 heteroatoms. The molecule has 0 radical (unpaired) electrons. The fourth-order valence-corrected chi connectivity index (χ4v) is 5.87. The Kier molecular flexibility index (Phi) is 7.36. The smallest absolute Gasteiger partial charge is 0.227 e. The number of nitrogens with one attached hydrogen (secondary N) is 1. The minimum atomic E-state index is -3.55. The standard InChI is InChI=1S/C19H18Cl4N2O3S/c20-14-2-1-13(18(23)10-14)11-29(27,28)25-5-3-12(4-6-25)19(26)24-17-8-15(21)7-16(22)9-17/h1-2,7-10,12H,3-6,11H2,(H,24,26). The summed E-state index contributed by atoms with van der Waals surface area (Å²) in [5.74, 6) is -0.680. The molecule has 1 fully saturated rings. The minimum absolute atomic E-state index is 0.180. The summed E-state index contributed by atoms with van der Waals surface area (Å²) in [6.07, 6.45) is 0.849. The van der Waals surface area contributed by atoms with Crippen LogP contribution in [0.15, 0.2) is 36.4 Å². The Morgan fingerprint density at radius 2 is 1.59 bits per heavy atom. The zero-order chi connectivity index (χ0) is 21.2. The van der Waals surface area contributed by atoms with E-state index in [9.17, 15) is 13.2 Å². The fourth-order valence-electron chi connectivity index (χ4n) is 3.19. The molecule has 156 valence electrons. The highest BCUT2D eigenvalue weighted by molar-refractivity contribution is 7.88. The number of hydrogen-bond donors (Lipinski definition) is 1. The lowest BCUT2D eigenvalue weighted by Gasteiger charge is -2.30. The Morgan fingerprint density at radius 3 is 2.17 bits per heavy atom. The van der Waals surface area contributed by atoms with Gasteiger partial charge in [0.25, 0.3) is 0 Å². The van der Waals surface area contributed by atoms with Gasteiger partial charge < -0.3 is 5.32 Å². The van der Waals surface area contributed by atoms with Gasteiger partial charge in [0, 0.05) is 44.8 Å². The van der Waals surface area contributed by atoms with Crippen molar-refractivity contribution >= 4 is 68.0 Å². The lowest BCUT2D eigenvalue weighted by atomic mass is 9.97. The summed E-state index contributed by atoms with van der Waals surface area (Å²) in [5, 5.41) is 4.41. The predicted octanol–water partition coefficient (Wildman–Crippen LogP) is 5.48. The summed E-state index contributed by atoms with van der Waals surface area (Å²) >= 11 is 23.9. The molecule has 5 nitrogen and oxygen atoms in total. The monoisotopic (exact) mass is 494 g/mol. The highest BCUT2D eigenvalue weighted by Crippen LogP contribution is 2.28. The first kappa shape index (κ1) is 22.7. The molecule has 0 unspecified atom stereocenters. The van der Waals surface area contributed by atoms with Gasteiger partial charge >= 0.3 is 0 Å². The van der Waals surface area contributed by atoms with Crippen LogP contribution in [0.4, 0.5) is 5.69 Å². The zero-order valence-corrected chi connectivity index (χ0v) is 19.0. The van der Waals surface area contributed by atoms with Gasteiger partial charge in [0.15, 0.2) is 0 Å². The highest BCUT2D eigenvalue weighted by atomic mass is 35.5. The molecule has 1 aliphatic rings. The zero-order valence-electron chi connectivity index (χ0n) is 15.2. The van der Waals surface area contributed by atoms with Crippen LogP contribution in [-0.2, 0) is 20.6 Å². The molecule has 0 aromatic heterocycles. The van der Waals surface area contributed by atoms with Crippen molar-refractivity contribution in [3.63, 3.8) is 0 Å². The quantitative estimate of drug-likeness (QED) is 0.597. The number of rotatable bonds is 5. The van der Waals surface area contributed by atoms with Crippen LogP contribution in [0.5, 0.6) is 0 Å². The van der Waals surface area contributed by atoms with Crippen LogP contribution in [0.25, 0.3) is 0 Å². The van der Waals surface area contributed by atoms with Crippen LogP contribution >= 0.6 is 46.4 Å². The van der Waals surface area contributed by atoms with E-state index >= 15 is 0 Å². The molecule has 29 heavy (non-hydrogen) atoms. The molecule has 1 amide bonds. The second kappa shape index (κ2) is 9.41. The maximum absolute atomic E-state index is 12.7. The van der Waals surface area contributed by atoms with Gasteiger partial charge in [-0.05, 0) is 48.7 Å². The molecule has 0 atom stereocenters. The van der Waals surface area contributed by atoms with E-state index in [1.807, 2.05) is 0 Å². The molecule has 0 aliphatic carbocycles. The lowest BCUT2D eigenvalue weighted by Crippen LogP contribution is -2.41. The Morgan fingerprint density at radius 1 is 0.966 bits per heavy atom. The van der Waals surface area contributed by atoms with Gasteiger partial charge in [-0.15, -0.1) is 0 Å². The average Bonchev–Trinajstić information content (AvgIpc) is 2.63. The second-order valence-electron chi connectivity index (χ2n) is 6.81. The number of hydrogen-bond acceptors (Lipinski definition) is 3. The van der Waals surface area contributed by atoms with Crippen molar-refractivity contribution in [2.45, 2.75) is 18.6 Å². The van der Waals surface area contributed by atoms with Crippen molar-refractivity contribution in [3.05, 3.63) is 62.1 Å². The number of sulfonamides is 1. The molecule has 0 saturated carbocycles. The van der Waals surface area contributed by atoms with E-state index in [0.29, 0.717) is 44.2 Å². The Hall–Kier alpha value is -1.02. The summed E-state index contributed by atoms with van der Waals surface area (Å²) in [7, 11) is -3.55. The number of nitrogens with zero attached hydrogens (tertiary/aromatic N) is 1. The number of halogens is 4. The molecule has 0 spiro atoms. The minimum Gasteiger partial charge on any atom is -0.326 e. The van der Waals surface area contributed by atoms with Gasteiger partial charge in [-0.1, -0.05) is 52.5 Å². The van der Waals surface area contributed by atoms with E-state index in [2.05, 4.69) is 5.32 Å². The van der Waals surface area contributed by atoms with E-state index in [4.69, 9.17) is 46.4 Å². The van der Waals surface area contributed by atoms with Crippen molar-refractivity contribution in [2.24, 2.45) is 5.92 Å². The van der Waals surface area contributed by atoms with Gasteiger partial charge in [0.05, 0.1) is 5.75 Å². The van der Waals surface area contributed by atoms with Crippen LogP contribution in [0, 0.1) is 5.92 Å². The van der Waals surface area contributed by atoms with Crippen molar-refractivity contribution in [3.8, 4) is 0 Å². The van der Waals surface area contributed by atoms with Gasteiger partial charge in [0.2, 0.25) is 15.9 Å². The predicted molar refractivity (Wildman–Crippen MR) is 118 cm³/mol. The number of piperidine rings is 1.